The Kier molecular flexibility index (Phi) is 10.2. The molecule has 2 aromatic heterocycles. The number of nitrogens with zero attached hydrogens (tertiary/aromatic N) is 1. The molecule has 0 aliphatic heterocycles. The van der Waals surface area contributed by atoms with Gasteiger partial charge in [0.1, 0.15) is 5.75 Å². The summed E-state index contributed by atoms with van der Waals surface area (Å²) in [5.41, 5.74) is 3.80. The number of nitrogens with one attached hydrogen (secondary N) is 2. The zero-order chi connectivity index (χ0) is 25.9. The van der Waals surface area contributed by atoms with Crippen molar-refractivity contribution in [1.29, 1.82) is 0 Å². The van der Waals surface area contributed by atoms with Crippen molar-refractivity contribution in [3.63, 3.8) is 0 Å². The molecule has 0 saturated carbocycles. The van der Waals surface area contributed by atoms with Gasteiger partial charge in [0, 0.05) is 56.1 Å². The highest BCUT2D eigenvalue weighted by Gasteiger charge is 2.13. The van der Waals surface area contributed by atoms with Crippen molar-refractivity contribution in [3.8, 4) is 21.9 Å². The van der Waals surface area contributed by atoms with Crippen LogP contribution in [0, 0.1) is 5.82 Å². The molecule has 2 N–H and O–H groups in total. The van der Waals surface area contributed by atoms with E-state index >= 15 is 0 Å². The van der Waals surface area contributed by atoms with Crippen molar-refractivity contribution >= 4 is 27.2 Å². The summed E-state index contributed by atoms with van der Waals surface area (Å²) in [5.74, 6) is 0.345. The zero-order valence-electron chi connectivity index (χ0n) is 21.1. The van der Waals surface area contributed by atoms with Crippen LogP contribution in [0.3, 0.4) is 0 Å². The molecule has 9 heteroatoms. The predicted octanol–water partition coefficient (Wildman–Crippen LogP) is 5.71. The molecule has 0 bridgehead atoms. The van der Waals surface area contributed by atoms with Gasteiger partial charge in [-0.2, -0.15) is 0 Å². The second-order valence-electron chi connectivity index (χ2n) is 8.22. The summed E-state index contributed by atoms with van der Waals surface area (Å²) in [4.78, 5) is 5.55. The first-order valence-electron chi connectivity index (χ1n) is 12.2. The van der Waals surface area contributed by atoms with Gasteiger partial charge in [0.05, 0.1) is 43.3 Å². The number of halogens is 1. The van der Waals surface area contributed by atoms with Crippen molar-refractivity contribution in [2.24, 2.45) is 0 Å². The summed E-state index contributed by atoms with van der Waals surface area (Å²) >= 11 is 1.58. The van der Waals surface area contributed by atoms with Gasteiger partial charge in [-0.05, 0) is 29.3 Å². The molecule has 2 heterocycles. The molecule has 0 atom stereocenters. The summed E-state index contributed by atoms with van der Waals surface area (Å²) in [7, 11) is 3.40. The summed E-state index contributed by atoms with van der Waals surface area (Å²) in [6.07, 6.45) is 1.68. The molecule has 37 heavy (non-hydrogen) atoms. The van der Waals surface area contributed by atoms with Gasteiger partial charge in [-0.3, -0.25) is 4.98 Å². The highest BCUT2D eigenvalue weighted by atomic mass is 32.1. The normalized spacial score (nSPS) is 11.2. The molecule has 0 saturated heterocycles. The third-order valence-corrected chi connectivity index (χ3v) is 6.80. The number of fused-ring (bicyclic) bond motifs is 1. The Labute approximate surface area is 220 Å². The molecular weight excluding hydrogens is 493 g/mol. The molecule has 0 unspecified atom stereocenters. The van der Waals surface area contributed by atoms with Crippen LogP contribution in [0.5, 0.6) is 11.5 Å². The maximum absolute atomic E-state index is 14.5. The maximum atomic E-state index is 14.5. The van der Waals surface area contributed by atoms with Crippen molar-refractivity contribution in [3.05, 3.63) is 72.2 Å². The molecule has 0 fully saturated rings. The van der Waals surface area contributed by atoms with Gasteiger partial charge in [-0.15, -0.1) is 11.3 Å². The fourth-order valence-corrected chi connectivity index (χ4v) is 4.69. The Bertz CT molecular complexity index is 1270. The summed E-state index contributed by atoms with van der Waals surface area (Å²) in [6.45, 7) is 4.51. The molecule has 196 valence electrons. The third kappa shape index (κ3) is 7.70. The van der Waals surface area contributed by atoms with Gasteiger partial charge in [-0.1, -0.05) is 24.3 Å². The number of hydrogen-bond donors (Lipinski definition) is 2. The number of anilines is 1. The lowest BCUT2D eigenvalue weighted by molar-refractivity contribution is 0.0255. The number of rotatable bonds is 15. The molecule has 0 aliphatic carbocycles. The highest BCUT2D eigenvalue weighted by molar-refractivity contribution is 7.22. The molecule has 0 aliphatic rings. The predicted molar refractivity (Wildman–Crippen MR) is 146 cm³/mol. The quantitative estimate of drug-likeness (QED) is 0.193. The van der Waals surface area contributed by atoms with E-state index in [-0.39, 0.29) is 5.75 Å². The third-order valence-electron chi connectivity index (χ3n) is 5.61. The van der Waals surface area contributed by atoms with Gasteiger partial charge in [-0.25, -0.2) is 4.39 Å². The van der Waals surface area contributed by atoms with E-state index in [9.17, 15) is 4.39 Å². The number of benzene rings is 2. The number of ether oxygens (including phenoxy) is 4. The van der Waals surface area contributed by atoms with Crippen LogP contribution in [0.15, 0.2) is 60.8 Å². The van der Waals surface area contributed by atoms with Gasteiger partial charge in [0.15, 0.2) is 11.6 Å². The van der Waals surface area contributed by atoms with Crippen molar-refractivity contribution < 1.29 is 23.3 Å². The van der Waals surface area contributed by atoms with E-state index in [4.69, 9.17) is 18.9 Å². The molecule has 0 amide bonds. The zero-order valence-corrected chi connectivity index (χ0v) is 21.9. The molecule has 4 rings (SSSR count). The summed E-state index contributed by atoms with van der Waals surface area (Å²) in [5, 5.41) is 6.31. The molecule has 7 nitrogen and oxygen atoms in total. The first-order valence-corrected chi connectivity index (χ1v) is 13.0. The first kappa shape index (κ1) is 27.0. The smallest absolute Gasteiger partial charge is 0.167 e. The minimum atomic E-state index is -0.420. The molecular formula is C28H32FN3O4S. The van der Waals surface area contributed by atoms with Gasteiger partial charge < -0.3 is 29.6 Å². The Morgan fingerprint density at radius 3 is 2.43 bits per heavy atom. The van der Waals surface area contributed by atoms with Crippen LogP contribution in [0.25, 0.3) is 20.7 Å². The summed E-state index contributed by atoms with van der Waals surface area (Å²) in [6, 6.07) is 17.1. The SMILES string of the molecule is CNc1ccc(Oc2ccnc3cc(-c4ccc(CNCCOCCOCCOC)cc4)sc23)c(F)c1. The average molecular weight is 526 g/mol. The monoisotopic (exact) mass is 525 g/mol. The van der Waals surface area contributed by atoms with E-state index in [1.165, 1.54) is 11.6 Å². The van der Waals surface area contributed by atoms with Crippen molar-refractivity contribution in [2.75, 3.05) is 59.1 Å². The van der Waals surface area contributed by atoms with Crippen LogP contribution in [0.4, 0.5) is 10.1 Å². The van der Waals surface area contributed by atoms with Crippen molar-refractivity contribution in [2.45, 2.75) is 6.54 Å². The van der Waals surface area contributed by atoms with Crippen LogP contribution in [0.1, 0.15) is 5.56 Å². The van der Waals surface area contributed by atoms with E-state index in [2.05, 4.69) is 39.9 Å². The first-order chi connectivity index (χ1) is 18.2. The van der Waals surface area contributed by atoms with Crippen molar-refractivity contribution in [1.82, 2.24) is 10.3 Å². The topological polar surface area (TPSA) is 73.9 Å². The molecule has 0 spiro atoms. The maximum Gasteiger partial charge on any atom is 0.167 e. The van der Waals surface area contributed by atoms with Gasteiger partial charge >= 0.3 is 0 Å². The van der Waals surface area contributed by atoms with Crippen LogP contribution < -0.4 is 15.4 Å². The minimum absolute atomic E-state index is 0.180. The lowest BCUT2D eigenvalue weighted by Gasteiger charge is -2.09. The standard InChI is InChI=1S/C28H32FN3O4S/c1-30-22-7-8-25(23(29)17-22)36-26-9-10-32-24-18-27(37-28(24)26)21-5-3-20(4-6-21)19-31-11-12-34-15-16-35-14-13-33-2/h3-10,17-18,30-31H,11-16,19H2,1-2H3. The number of methoxy groups -OCH3 is 1. The Balaban J connectivity index is 1.30. The fraction of sp³-hybridized carbons (Fsp3) is 0.321. The second kappa shape index (κ2) is 14.0. The lowest BCUT2D eigenvalue weighted by Crippen LogP contribution is -2.20. The number of pyridine rings is 1. The second-order valence-corrected chi connectivity index (χ2v) is 9.27. The van der Waals surface area contributed by atoms with E-state index in [1.807, 2.05) is 6.07 Å². The Morgan fingerprint density at radius 1 is 0.892 bits per heavy atom. The van der Waals surface area contributed by atoms with Gasteiger partial charge in [0.2, 0.25) is 0 Å². The Morgan fingerprint density at radius 2 is 1.68 bits per heavy atom. The van der Waals surface area contributed by atoms with Gasteiger partial charge in [0.25, 0.3) is 0 Å². The minimum Gasteiger partial charge on any atom is -0.453 e. The number of hydrogen-bond acceptors (Lipinski definition) is 8. The van der Waals surface area contributed by atoms with Crippen LogP contribution >= 0.6 is 11.3 Å². The number of aromatic nitrogens is 1. The Hall–Kier alpha value is -3.08. The fourth-order valence-electron chi connectivity index (χ4n) is 3.62. The van der Waals surface area contributed by atoms with E-state index in [0.717, 1.165) is 33.7 Å². The highest BCUT2D eigenvalue weighted by Crippen LogP contribution is 2.39. The van der Waals surface area contributed by atoms with Crippen LogP contribution in [-0.2, 0) is 20.8 Å². The molecule has 2 aromatic carbocycles. The lowest BCUT2D eigenvalue weighted by atomic mass is 10.1. The molecule has 4 aromatic rings. The largest absolute Gasteiger partial charge is 0.453 e. The molecule has 0 radical (unpaired) electrons. The van der Waals surface area contributed by atoms with E-state index < -0.39 is 5.82 Å². The van der Waals surface area contributed by atoms with Crippen LogP contribution in [0.2, 0.25) is 0 Å². The number of thiophene rings is 1. The average Bonchev–Trinajstić information content (AvgIpc) is 3.36. The van der Waals surface area contributed by atoms with E-state index in [0.29, 0.717) is 44.5 Å². The van der Waals surface area contributed by atoms with Crippen LogP contribution in [-0.4, -0.2) is 58.7 Å². The van der Waals surface area contributed by atoms with E-state index in [1.54, 1.807) is 49.9 Å². The summed E-state index contributed by atoms with van der Waals surface area (Å²) < 4.78 is 37.1.